The number of hydrogen-bond acceptors (Lipinski definition) is 5. The van der Waals surface area contributed by atoms with Crippen LogP contribution in [0.25, 0.3) is 21.9 Å². The Hall–Kier alpha value is -3.26. The van der Waals surface area contributed by atoms with Crippen LogP contribution in [0.1, 0.15) is 82.0 Å². The third-order valence-electron chi connectivity index (χ3n) is 7.24. The molecule has 190 valence electrons. The molecule has 0 saturated carbocycles. The third kappa shape index (κ3) is 4.62. The van der Waals surface area contributed by atoms with Gasteiger partial charge in [0.2, 0.25) is 5.95 Å². The predicted octanol–water partition coefficient (Wildman–Crippen LogP) is 5.75. The van der Waals surface area contributed by atoms with Crippen molar-refractivity contribution in [2.24, 2.45) is 0 Å². The highest BCUT2D eigenvalue weighted by atomic mass is 16.1. The monoisotopic (exact) mass is 487 g/mol. The van der Waals surface area contributed by atoms with E-state index in [1.165, 1.54) is 6.42 Å². The van der Waals surface area contributed by atoms with Crippen LogP contribution >= 0.6 is 0 Å². The molecule has 0 radical (unpaired) electrons. The summed E-state index contributed by atoms with van der Waals surface area (Å²) in [5.41, 5.74) is 4.46. The van der Waals surface area contributed by atoms with Gasteiger partial charge in [-0.2, -0.15) is 5.10 Å². The lowest BCUT2D eigenvalue weighted by atomic mass is 10.0. The van der Waals surface area contributed by atoms with Gasteiger partial charge in [-0.05, 0) is 85.2 Å². The van der Waals surface area contributed by atoms with E-state index in [0.29, 0.717) is 11.5 Å². The fraction of sp³-hybridized carbons (Fsp3) is 0.500. The number of pyridine rings is 1. The smallest absolute Gasteiger partial charge is 0.258 e. The number of amides is 1. The zero-order chi connectivity index (χ0) is 25.6. The second-order valence-electron chi connectivity index (χ2n) is 11.3. The number of imidazole rings is 1. The summed E-state index contributed by atoms with van der Waals surface area (Å²) in [4.78, 5) is 25.0. The zero-order valence-corrected chi connectivity index (χ0v) is 22.2. The molecule has 1 atom stereocenters. The lowest BCUT2D eigenvalue weighted by molar-refractivity contribution is 0.102. The van der Waals surface area contributed by atoms with E-state index in [4.69, 9.17) is 4.98 Å². The van der Waals surface area contributed by atoms with E-state index in [1.54, 1.807) is 18.3 Å². The molecule has 5 rings (SSSR count). The van der Waals surface area contributed by atoms with Gasteiger partial charge in [0.1, 0.15) is 0 Å². The Morgan fingerprint density at radius 2 is 1.94 bits per heavy atom. The second-order valence-corrected chi connectivity index (χ2v) is 11.3. The van der Waals surface area contributed by atoms with Crippen LogP contribution in [0.15, 0.2) is 36.7 Å². The van der Waals surface area contributed by atoms with Crippen molar-refractivity contribution in [1.82, 2.24) is 29.2 Å². The van der Waals surface area contributed by atoms with Crippen molar-refractivity contribution in [2.75, 3.05) is 18.4 Å². The zero-order valence-electron chi connectivity index (χ0n) is 22.2. The van der Waals surface area contributed by atoms with Crippen molar-refractivity contribution in [3.63, 3.8) is 0 Å². The molecular weight excluding hydrogens is 450 g/mol. The second kappa shape index (κ2) is 9.32. The van der Waals surface area contributed by atoms with E-state index < -0.39 is 0 Å². The first kappa shape index (κ1) is 24.4. The third-order valence-corrected chi connectivity index (χ3v) is 7.24. The summed E-state index contributed by atoms with van der Waals surface area (Å²) in [6, 6.07) is 8.29. The minimum Gasteiger partial charge on any atom is -0.305 e. The molecule has 1 saturated heterocycles. The van der Waals surface area contributed by atoms with Crippen molar-refractivity contribution < 1.29 is 4.79 Å². The van der Waals surface area contributed by atoms with Gasteiger partial charge in [0.25, 0.3) is 5.91 Å². The van der Waals surface area contributed by atoms with Crippen molar-refractivity contribution in [3.05, 3.63) is 47.9 Å². The Morgan fingerprint density at radius 3 is 2.67 bits per heavy atom. The molecule has 1 aliphatic heterocycles. The van der Waals surface area contributed by atoms with Gasteiger partial charge in [-0.25, -0.2) is 4.98 Å². The molecule has 0 unspecified atom stereocenters. The molecule has 1 aromatic carbocycles. The van der Waals surface area contributed by atoms with Gasteiger partial charge < -0.3 is 4.57 Å². The molecule has 0 aliphatic carbocycles. The minimum atomic E-state index is -0.170. The van der Waals surface area contributed by atoms with Crippen molar-refractivity contribution in [2.45, 2.75) is 78.4 Å². The van der Waals surface area contributed by atoms with Gasteiger partial charge in [-0.1, -0.05) is 6.42 Å². The molecule has 1 aliphatic rings. The number of aromatic nitrogens is 5. The molecule has 3 aromatic heterocycles. The number of likely N-dealkylation sites (tertiary alicyclic amines) is 1. The Balaban J connectivity index is 1.65. The van der Waals surface area contributed by atoms with Gasteiger partial charge in [0.05, 0.1) is 22.7 Å². The van der Waals surface area contributed by atoms with E-state index in [9.17, 15) is 4.79 Å². The number of rotatable bonds is 4. The standard InChI is InChI=1S/C28H37N7O/c1-18(2)35-24-15-25-23(14-21(24)16-30-35)31-27(32-26(36)20-10-11-29-19(3)13-20)34(25)22-9-7-8-12-33(17-22)28(4,5)6/h10-11,13-16,18,22H,7-9,12,17H2,1-6H3,(H,31,32,36)/t22-/m1/s1. The van der Waals surface area contributed by atoms with Crippen LogP contribution in [0.4, 0.5) is 5.95 Å². The van der Waals surface area contributed by atoms with Crippen LogP contribution in [0.2, 0.25) is 0 Å². The first-order valence-electron chi connectivity index (χ1n) is 13.0. The van der Waals surface area contributed by atoms with Crippen LogP contribution in [-0.2, 0) is 0 Å². The summed E-state index contributed by atoms with van der Waals surface area (Å²) in [7, 11) is 0. The van der Waals surface area contributed by atoms with Crippen LogP contribution in [0.3, 0.4) is 0 Å². The molecule has 1 N–H and O–H groups in total. The van der Waals surface area contributed by atoms with Crippen LogP contribution in [0.5, 0.6) is 0 Å². The molecule has 0 spiro atoms. The largest absolute Gasteiger partial charge is 0.305 e. The average molecular weight is 488 g/mol. The maximum absolute atomic E-state index is 13.3. The summed E-state index contributed by atoms with van der Waals surface area (Å²) in [5.74, 6) is 0.429. The van der Waals surface area contributed by atoms with Gasteiger partial charge in [0, 0.05) is 47.0 Å². The molecule has 8 heteroatoms. The van der Waals surface area contributed by atoms with E-state index in [0.717, 1.165) is 53.6 Å². The first-order valence-corrected chi connectivity index (χ1v) is 13.0. The summed E-state index contributed by atoms with van der Waals surface area (Å²) < 4.78 is 4.32. The molecule has 4 aromatic rings. The number of fused-ring (bicyclic) bond motifs is 2. The summed E-state index contributed by atoms with van der Waals surface area (Å²) >= 11 is 0. The van der Waals surface area contributed by atoms with Crippen LogP contribution in [0, 0.1) is 6.92 Å². The number of aryl methyl sites for hydroxylation is 1. The highest BCUT2D eigenvalue weighted by Gasteiger charge is 2.30. The van der Waals surface area contributed by atoms with E-state index in [2.05, 4.69) is 76.3 Å². The van der Waals surface area contributed by atoms with Crippen molar-refractivity contribution >= 4 is 33.8 Å². The minimum absolute atomic E-state index is 0.0699. The van der Waals surface area contributed by atoms with Crippen molar-refractivity contribution in [3.8, 4) is 0 Å². The summed E-state index contributed by atoms with van der Waals surface area (Å²) in [6.45, 7) is 15.0. The highest BCUT2D eigenvalue weighted by Crippen LogP contribution is 2.34. The molecular formula is C28H37N7O. The highest BCUT2D eigenvalue weighted by molar-refractivity contribution is 6.04. The number of carbonyl (C=O) groups excluding carboxylic acids is 1. The Kier molecular flexibility index (Phi) is 6.32. The number of hydrogen-bond donors (Lipinski definition) is 1. The SMILES string of the molecule is Cc1cc(C(=O)Nc2nc3cc4cnn(C(C)C)c4cc3n2[C@@H]2CCCCN(C(C)(C)C)C2)ccn1. The van der Waals surface area contributed by atoms with E-state index in [1.807, 2.05) is 13.1 Å². The van der Waals surface area contributed by atoms with E-state index >= 15 is 0 Å². The molecule has 1 fully saturated rings. The predicted molar refractivity (Wildman–Crippen MR) is 145 cm³/mol. The summed E-state index contributed by atoms with van der Waals surface area (Å²) in [5, 5.41) is 8.81. The normalized spacial score (nSPS) is 17.7. The summed E-state index contributed by atoms with van der Waals surface area (Å²) in [6.07, 6.45) is 6.92. The number of carbonyl (C=O) groups is 1. The topological polar surface area (TPSA) is 80.9 Å². The fourth-order valence-corrected chi connectivity index (χ4v) is 5.30. The number of anilines is 1. The van der Waals surface area contributed by atoms with E-state index in [-0.39, 0.29) is 23.5 Å². The Morgan fingerprint density at radius 1 is 1.14 bits per heavy atom. The number of benzene rings is 1. The molecule has 1 amide bonds. The Labute approximate surface area is 212 Å². The van der Waals surface area contributed by atoms with Crippen LogP contribution < -0.4 is 5.32 Å². The molecule has 36 heavy (non-hydrogen) atoms. The number of nitrogens with zero attached hydrogens (tertiary/aromatic N) is 6. The van der Waals surface area contributed by atoms with Crippen molar-refractivity contribution in [1.29, 1.82) is 0 Å². The van der Waals surface area contributed by atoms with Gasteiger partial charge in [-0.3, -0.25) is 24.7 Å². The maximum Gasteiger partial charge on any atom is 0.258 e. The fourth-order valence-electron chi connectivity index (χ4n) is 5.30. The quantitative estimate of drug-likeness (QED) is 0.396. The Bertz CT molecular complexity index is 1410. The molecule has 4 heterocycles. The van der Waals surface area contributed by atoms with Gasteiger partial charge in [-0.15, -0.1) is 0 Å². The van der Waals surface area contributed by atoms with Crippen LogP contribution in [-0.4, -0.2) is 53.8 Å². The maximum atomic E-state index is 13.3. The lowest BCUT2D eigenvalue weighted by Gasteiger charge is -2.37. The molecule has 0 bridgehead atoms. The first-order chi connectivity index (χ1) is 17.1. The average Bonchev–Trinajstić information content (AvgIpc) is 3.27. The number of nitrogens with one attached hydrogen (secondary N) is 1. The lowest BCUT2D eigenvalue weighted by Crippen LogP contribution is -2.44. The molecule has 8 nitrogen and oxygen atoms in total. The van der Waals surface area contributed by atoms with Gasteiger partial charge in [0.15, 0.2) is 0 Å². The van der Waals surface area contributed by atoms with Gasteiger partial charge >= 0.3 is 0 Å².